The van der Waals surface area contributed by atoms with Gasteiger partial charge in [0.2, 0.25) is 11.8 Å². The second kappa shape index (κ2) is 10.8. The van der Waals surface area contributed by atoms with Gasteiger partial charge in [-0.25, -0.2) is 9.48 Å². The first-order chi connectivity index (χ1) is 18.1. The van der Waals surface area contributed by atoms with Gasteiger partial charge in [-0.3, -0.25) is 34.1 Å². The lowest BCUT2D eigenvalue weighted by atomic mass is 9.90. The maximum absolute atomic E-state index is 14.0. The van der Waals surface area contributed by atoms with Gasteiger partial charge in [0.05, 0.1) is 17.8 Å². The zero-order valence-electron chi connectivity index (χ0n) is 22.4. The molecule has 11 heteroatoms. The Labute approximate surface area is 221 Å². The van der Waals surface area contributed by atoms with Crippen molar-refractivity contribution in [1.29, 1.82) is 0 Å². The Kier molecular flexibility index (Phi) is 7.75. The van der Waals surface area contributed by atoms with Gasteiger partial charge in [0.25, 0.3) is 11.5 Å². The first kappa shape index (κ1) is 27.2. The second-order valence-corrected chi connectivity index (χ2v) is 10.3. The third kappa shape index (κ3) is 4.97. The van der Waals surface area contributed by atoms with Crippen LogP contribution in [0, 0.1) is 6.92 Å². The van der Waals surface area contributed by atoms with Crippen LogP contribution < -0.4 is 26.4 Å². The Morgan fingerprint density at radius 3 is 2.34 bits per heavy atom. The molecule has 4 rings (SSSR count). The summed E-state index contributed by atoms with van der Waals surface area (Å²) in [7, 11) is 1.71. The van der Waals surface area contributed by atoms with Crippen LogP contribution in [0.5, 0.6) is 0 Å². The molecule has 2 atom stereocenters. The van der Waals surface area contributed by atoms with Crippen molar-refractivity contribution >= 4 is 29.4 Å². The monoisotopic (exact) mass is 524 g/mol. The van der Waals surface area contributed by atoms with Crippen molar-refractivity contribution in [3.05, 3.63) is 46.4 Å². The van der Waals surface area contributed by atoms with E-state index in [-0.39, 0.29) is 24.1 Å². The molecule has 1 aromatic carbocycles. The number of carbonyl (C=O) groups excluding carboxylic acids is 4. The summed E-state index contributed by atoms with van der Waals surface area (Å²) in [5.74, 6) is -1.59. The van der Waals surface area contributed by atoms with Crippen molar-refractivity contribution < 1.29 is 19.2 Å². The van der Waals surface area contributed by atoms with E-state index in [0.29, 0.717) is 11.4 Å². The zero-order valence-corrected chi connectivity index (χ0v) is 22.4. The lowest BCUT2D eigenvalue weighted by molar-refractivity contribution is -0.131. The van der Waals surface area contributed by atoms with Crippen molar-refractivity contribution in [1.82, 2.24) is 25.3 Å². The molecule has 0 radical (unpaired) electrons. The smallest absolute Gasteiger partial charge is 0.322 e. The summed E-state index contributed by atoms with van der Waals surface area (Å²) < 4.78 is 3.09. The van der Waals surface area contributed by atoms with E-state index in [9.17, 15) is 24.0 Å². The van der Waals surface area contributed by atoms with Crippen molar-refractivity contribution in [2.45, 2.75) is 83.3 Å². The van der Waals surface area contributed by atoms with Gasteiger partial charge in [-0.05, 0) is 45.2 Å². The summed E-state index contributed by atoms with van der Waals surface area (Å²) in [5, 5.41) is 7.69. The molecule has 1 saturated carbocycles. The summed E-state index contributed by atoms with van der Waals surface area (Å²) in [6.07, 6.45) is 4.71. The maximum atomic E-state index is 14.0. The lowest BCUT2D eigenvalue weighted by Crippen LogP contribution is -2.62. The number of urea groups is 1. The Morgan fingerprint density at radius 2 is 1.76 bits per heavy atom. The van der Waals surface area contributed by atoms with Crippen LogP contribution in [0.2, 0.25) is 0 Å². The molecule has 1 saturated heterocycles. The number of amides is 5. The van der Waals surface area contributed by atoms with E-state index in [1.165, 1.54) is 9.58 Å². The van der Waals surface area contributed by atoms with E-state index in [4.69, 9.17) is 0 Å². The average Bonchev–Trinajstić information content (AvgIpc) is 3.33. The standard InChI is InChI=1S/C27H36N6O5/c1-5-27(3,25(37)28-18-12-8-6-9-13-18)32(21(34)16-20-23(35)30-26(38)29-20)22-17(2)31(4)33(24(22)36)19-14-10-7-11-15-19/h7,10-11,14-15,18,20H,5-6,8-9,12-13,16H2,1-4H3,(H,28,37)(H2,29,30,35,38)/t20-,27-/m0/s1. The number of hydrogen-bond acceptors (Lipinski definition) is 5. The third-order valence-corrected chi connectivity index (χ3v) is 7.85. The van der Waals surface area contributed by atoms with Crippen LogP contribution in [-0.4, -0.2) is 50.7 Å². The summed E-state index contributed by atoms with van der Waals surface area (Å²) in [6, 6.07) is 7.23. The molecule has 2 aliphatic rings. The average molecular weight is 525 g/mol. The summed E-state index contributed by atoms with van der Waals surface area (Å²) in [4.78, 5) is 67.0. The third-order valence-electron chi connectivity index (χ3n) is 7.85. The molecule has 11 nitrogen and oxygen atoms in total. The summed E-state index contributed by atoms with van der Waals surface area (Å²) >= 11 is 0. The lowest BCUT2D eigenvalue weighted by Gasteiger charge is -2.40. The van der Waals surface area contributed by atoms with Crippen LogP contribution in [0.15, 0.2) is 35.1 Å². The molecule has 1 aromatic heterocycles. The number of carbonyl (C=O) groups is 4. The number of nitrogens with zero attached hydrogens (tertiary/aromatic N) is 3. The summed E-state index contributed by atoms with van der Waals surface area (Å²) in [6.45, 7) is 5.16. The zero-order chi connectivity index (χ0) is 27.6. The largest absolute Gasteiger partial charge is 0.351 e. The van der Waals surface area contributed by atoms with Crippen LogP contribution in [0.1, 0.15) is 64.5 Å². The predicted octanol–water partition coefficient (Wildman–Crippen LogP) is 2.03. The van der Waals surface area contributed by atoms with Crippen molar-refractivity contribution in [2.24, 2.45) is 7.05 Å². The quantitative estimate of drug-likeness (QED) is 0.454. The highest BCUT2D eigenvalue weighted by Crippen LogP contribution is 2.31. The van der Waals surface area contributed by atoms with Crippen molar-refractivity contribution in [3.8, 4) is 5.69 Å². The molecule has 5 amide bonds. The number of anilines is 1. The van der Waals surface area contributed by atoms with Crippen LogP contribution >= 0.6 is 0 Å². The minimum atomic E-state index is -1.42. The van der Waals surface area contributed by atoms with Crippen LogP contribution in [-0.2, 0) is 21.4 Å². The minimum absolute atomic E-state index is 0.00294. The van der Waals surface area contributed by atoms with Gasteiger partial charge >= 0.3 is 6.03 Å². The van der Waals surface area contributed by atoms with Gasteiger partial charge in [-0.1, -0.05) is 44.4 Å². The second-order valence-electron chi connectivity index (χ2n) is 10.3. The number of para-hydroxylation sites is 1. The predicted molar refractivity (Wildman–Crippen MR) is 142 cm³/mol. The van der Waals surface area contributed by atoms with Gasteiger partial charge in [-0.15, -0.1) is 0 Å². The highest BCUT2D eigenvalue weighted by atomic mass is 16.2. The van der Waals surface area contributed by atoms with Crippen LogP contribution in [0.3, 0.4) is 0 Å². The van der Waals surface area contributed by atoms with Crippen molar-refractivity contribution in [2.75, 3.05) is 4.90 Å². The SMILES string of the molecule is CC[C@@](C)(C(=O)NC1CCCCC1)N(C(=O)C[C@@H]1NC(=O)NC1=O)c1c(C)n(C)n(-c2ccccc2)c1=O. The number of benzene rings is 1. The molecule has 1 aliphatic carbocycles. The van der Waals surface area contributed by atoms with E-state index in [1.54, 1.807) is 44.6 Å². The van der Waals surface area contributed by atoms with Crippen LogP contribution in [0.25, 0.3) is 5.69 Å². The Bertz CT molecular complexity index is 1290. The number of rotatable bonds is 8. The fraction of sp³-hybridized carbons (Fsp3) is 0.519. The van der Waals surface area contributed by atoms with Crippen molar-refractivity contribution in [3.63, 3.8) is 0 Å². The topological polar surface area (TPSA) is 135 Å². The van der Waals surface area contributed by atoms with Gasteiger partial charge in [0.1, 0.15) is 17.3 Å². The normalized spacial score (nSPS) is 19.4. The Morgan fingerprint density at radius 1 is 1.11 bits per heavy atom. The van der Waals surface area contributed by atoms with Gasteiger partial charge in [0.15, 0.2) is 0 Å². The minimum Gasteiger partial charge on any atom is -0.351 e. The first-order valence-electron chi connectivity index (χ1n) is 13.2. The summed E-state index contributed by atoms with van der Waals surface area (Å²) in [5.41, 5.74) is -0.733. The molecular formula is C27H36N6O5. The maximum Gasteiger partial charge on any atom is 0.322 e. The highest BCUT2D eigenvalue weighted by Gasteiger charge is 2.46. The highest BCUT2D eigenvalue weighted by molar-refractivity contribution is 6.09. The van der Waals surface area contributed by atoms with Gasteiger partial charge in [-0.2, -0.15) is 0 Å². The van der Waals surface area contributed by atoms with E-state index >= 15 is 0 Å². The Balaban J connectivity index is 1.81. The first-order valence-corrected chi connectivity index (χ1v) is 13.2. The molecule has 2 heterocycles. The van der Waals surface area contributed by atoms with E-state index < -0.39 is 41.4 Å². The molecular weight excluding hydrogens is 488 g/mol. The molecule has 1 aliphatic heterocycles. The number of aromatic nitrogens is 2. The van der Waals surface area contributed by atoms with Gasteiger partial charge in [0, 0.05) is 13.1 Å². The molecule has 2 fully saturated rings. The number of imide groups is 1. The van der Waals surface area contributed by atoms with E-state index in [0.717, 1.165) is 32.1 Å². The molecule has 0 unspecified atom stereocenters. The molecule has 3 N–H and O–H groups in total. The molecule has 38 heavy (non-hydrogen) atoms. The molecule has 204 valence electrons. The molecule has 0 bridgehead atoms. The Hall–Kier alpha value is -3.89. The van der Waals surface area contributed by atoms with Crippen LogP contribution in [0.4, 0.5) is 10.5 Å². The number of nitrogens with one attached hydrogen (secondary N) is 3. The molecule has 2 aromatic rings. The molecule has 0 spiro atoms. The fourth-order valence-electron chi connectivity index (χ4n) is 5.33. The number of hydrogen-bond donors (Lipinski definition) is 3. The van der Waals surface area contributed by atoms with E-state index in [1.807, 2.05) is 18.2 Å². The van der Waals surface area contributed by atoms with E-state index in [2.05, 4.69) is 16.0 Å². The fourth-order valence-corrected chi connectivity index (χ4v) is 5.33. The van der Waals surface area contributed by atoms with Gasteiger partial charge < -0.3 is 10.6 Å².